The minimum absolute atomic E-state index is 0.909. The molecule has 2 rings (SSSR count). The van der Waals surface area contributed by atoms with Gasteiger partial charge >= 0.3 is 0 Å². The zero-order valence-corrected chi connectivity index (χ0v) is 11.6. The number of nitrogens with two attached hydrogens (primary N) is 1. The highest BCUT2D eigenvalue weighted by Crippen LogP contribution is 2.15. The van der Waals surface area contributed by atoms with Crippen molar-refractivity contribution in [3.63, 3.8) is 0 Å². The Balaban J connectivity index is 1.66. The predicted octanol–water partition coefficient (Wildman–Crippen LogP) is 3.36. The summed E-state index contributed by atoms with van der Waals surface area (Å²) >= 11 is 1.86. The number of nitrogen functional groups attached to an aromatic ring is 1. The second-order valence-electron chi connectivity index (χ2n) is 4.49. The lowest BCUT2D eigenvalue weighted by Crippen LogP contribution is -2.14. The Hall–Kier alpha value is -1.32. The highest BCUT2D eigenvalue weighted by molar-refractivity contribution is 7.11. The highest BCUT2D eigenvalue weighted by Gasteiger charge is 1.98. The smallest absolute Gasteiger partial charge is 0.0346 e. The van der Waals surface area contributed by atoms with Crippen LogP contribution in [0.4, 0.5) is 5.69 Å². The molecule has 3 N–H and O–H groups in total. The summed E-state index contributed by atoms with van der Waals surface area (Å²) in [5.74, 6) is 0. The van der Waals surface area contributed by atoms with Crippen molar-refractivity contribution >= 4 is 17.0 Å². The minimum Gasteiger partial charge on any atom is -0.399 e. The molecule has 2 nitrogen and oxygen atoms in total. The van der Waals surface area contributed by atoms with E-state index >= 15 is 0 Å². The topological polar surface area (TPSA) is 38.0 Å². The van der Waals surface area contributed by atoms with Gasteiger partial charge in [0.25, 0.3) is 0 Å². The summed E-state index contributed by atoms with van der Waals surface area (Å²) in [6.45, 7) is 4.15. The third-order valence-corrected chi connectivity index (χ3v) is 3.95. The Kier molecular flexibility index (Phi) is 4.79. The van der Waals surface area contributed by atoms with E-state index in [9.17, 15) is 0 Å². The first-order valence-electron chi connectivity index (χ1n) is 6.35. The average molecular weight is 260 g/mol. The molecular formula is C15H20N2S. The standard InChI is InChI=1S/C15H20N2S/c1-12-8-9-14(18-12)11-17-10-4-6-13-5-2-3-7-15(13)16/h2-3,5,7-9,17H,4,6,10-11,16H2,1H3. The number of hydrogen-bond acceptors (Lipinski definition) is 3. The maximum absolute atomic E-state index is 5.91. The largest absolute Gasteiger partial charge is 0.399 e. The van der Waals surface area contributed by atoms with E-state index in [1.54, 1.807) is 0 Å². The average Bonchev–Trinajstić information content (AvgIpc) is 2.77. The first-order chi connectivity index (χ1) is 8.75. The van der Waals surface area contributed by atoms with Gasteiger partial charge in [-0.15, -0.1) is 11.3 Å². The van der Waals surface area contributed by atoms with Crippen molar-refractivity contribution in [1.29, 1.82) is 0 Å². The summed E-state index contributed by atoms with van der Waals surface area (Å²) in [5.41, 5.74) is 8.07. The van der Waals surface area contributed by atoms with Crippen molar-refractivity contribution in [2.24, 2.45) is 0 Å². The summed E-state index contributed by atoms with van der Waals surface area (Å²) in [4.78, 5) is 2.79. The molecule has 2 aromatic rings. The number of para-hydroxylation sites is 1. The van der Waals surface area contributed by atoms with E-state index in [-0.39, 0.29) is 0 Å². The Morgan fingerprint density at radius 1 is 1.17 bits per heavy atom. The number of nitrogens with one attached hydrogen (secondary N) is 1. The Labute approximate surface area is 113 Å². The van der Waals surface area contributed by atoms with E-state index in [1.807, 2.05) is 29.5 Å². The predicted molar refractivity (Wildman–Crippen MR) is 79.9 cm³/mol. The van der Waals surface area contributed by atoms with Crippen LogP contribution >= 0.6 is 11.3 Å². The van der Waals surface area contributed by atoms with Gasteiger partial charge in [-0.1, -0.05) is 18.2 Å². The first kappa shape index (κ1) is 13.1. The quantitative estimate of drug-likeness (QED) is 0.617. The molecule has 0 amide bonds. The van der Waals surface area contributed by atoms with Crippen LogP contribution in [-0.4, -0.2) is 6.54 Å². The van der Waals surface area contributed by atoms with E-state index < -0.39 is 0 Å². The summed E-state index contributed by atoms with van der Waals surface area (Å²) in [6, 6.07) is 12.5. The number of aryl methyl sites for hydroxylation is 2. The monoisotopic (exact) mass is 260 g/mol. The normalized spacial score (nSPS) is 10.7. The molecule has 1 aromatic heterocycles. The molecule has 0 aliphatic rings. The molecule has 1 heterocycles. The van der Waals surface area contributed by atoms with Gasteiger partial charge in [0.2, 0.25) is 0 Å². The molecule has 0 saturated heterocycles. The third-order valence-electron chi connectivity index (χ3n) is 2.95. The van der Waals surface area contributed by atoms with Gasteiger partial charge in [-0.05, 0) is 50.1 Å². The first-order valence-corrected chi connectivity index (χ1v) is 7.17. The molecule has 0 atom stereocenters. The molecule has 0 radical (unpaired) electrons. The number of hydrogen-bond donors (Lipinski definition) is 2. The van der Waals surface area contributed by atoms with Crippen LogP contribution < -0.4 is 11.1 Å². The van der Waals surface area contributed by atoms with Crippen LogP contribution in [0.1, 0.15) is 21.7 Å². The fraction of sp³-hybridized carbons (Fsp3) is 0.333. The van der Waals surface area contributed by atoms with Gasteiger partial charge < -0.3 is 11.1 Å². The van der Waals surface area contributed by atoms with Gasteiger partial charge in [-0.2, -0.15) is 0 Å². The summed E-state index contributed by atoms with van der Waals surface area (Å²) in [6.07, 6.45) is 2.17. The van der Waals surface area contributed by atoms with E-state index in [0.717, 1.165) is 31.6 Å². The van der Waals surface area contributed by atoms with E-state index in [2.05, 4.69) is 30.4 Å². The number of thiophene rings is 1. The van der Waals surface area contributed by atoms with Crippen LogP contribution in [0.25, 0.3) is 0 Å². The molecule has 0 unspecified atom stereocenters. The number of rotatable bonds is 6. The van der Waals surface area contributed by atoms with Crippen LogP contribution in [0.3, 0.4) is 0 Å². The fourth-order valence-electron chi connectivity index (χ4n) is 1.96. The van der Waals surface area contributed by atoms with Crippen molar-refractivity contribution in [3.05, 3.63) is 51.7 Å². The zero-order valence-electron chi connectivity index (χ0n) is 10.8. The molecule has 0 fully saturated rings. The van der Waals surface area contributed by atoms with Crippen molar-refractivity contribution < 1.29 is 0 Å². The van der Waals surface area contributed by atoms with Crippen LogP contribution in [0, 0.1) is 6.92 Å². The zero-order chi connectivity index (χ0) is 12.8. The Morgan fingerprint density at radius 3 is 2.72 bits per heavy atom. The molecular weight excluding hydrogens is 240 g/mol. The minimum atomic E-state index is 0.909. The lowest BCUT2D eigenvalue weighted by molar-refractivity contribution is 0.655. The van der Waals surface area contributed by atoms with Gasteiger partial charge in [-0.25, -0.2) is 0 Å². The van der Waals surface area contributed by atoms with Crippen molar-refractivity contribution in [2.45, 2.75) is 26.3 Å². The molecule has 0 spiro atoms. The number of anilines is 1. The molecule has 0 aliphatic carbocycles. The van der Waals surface area contributed by atoms with Crippen LogP contribution in [0.15, 0.2) is 36.4 Å². The molecule has 18 heavy (non-hydrogen) atoms. The SMILES string of the molecule is Cc1ccc(CNCCCc2ccccc2N)s1. The van der Waals surface area contributed by atoms with Crippen LogP contribution in [-0.2, 0) is 13.0 Å². The van der Waals surface area contributed by atoms with Crippen molar-refractivity contribution in [1.82, 2.24) is 5.32 Å². The lowest BCUT2D eigenvalue weighted by atomic mass is 10.1. The van der Waals surface area contributed by atoms with E-state index in [4.69, 9.17) is 5.73 Å². The molecule has 1 aromatic carbocycles. The Bertz CT molecular complexity index is 491. The summed E-state index contributed by atoms with van der Waals surface area (Å²) < 4.78 is 0. The second-order valence-corrected chi connectivity index (χ2v) is 5.86. The summed E-state index contributed by atoms with van der Waals surface area (Å²) in [7, 11) is 0. The number of benzene rings is 1. The molecule has 0 saturated carbocycles. The highest BCUT2D eigenvalue weighted by atomic mass is 32.1. The van der Waals surface area contributed by atoms with Crippen molar-refractivity contribution in [3.8, 4) is 0 Å². The Morgan fingerprint density at radius 2 is 2.00 bits per heavy atom. The van der Waals surface area contributed by atoms with Gasteiger partial charge in [0, 0.05) is 22.0 Å². The maximum Gasteiger partial charge on any atom is 0.0346 e. The van der Waals surface area contributed by atoms with Crippen LogP contribution in [0.5, 0.6) is 0 Å². The van der Waals surface area contributed by atoms with Gasteiger partial charge in [0.05, 0.1) is 0 Å². The van der Waals surface area contributed by atoms with Gasteiger partial charge in [0.1, 0.15) is 0 Å². The summed E-state index contributed by atoms with van der Waals surface area (Å²) in [5, 5.41) is 3.47. The molecule has 0 bridgehead atoms. The molecule has 3 heteroatoms. The third kappa shape index (κ3) is 3.86. The van der Waals surface area contributed by atoms with Crippen LogP contribution in [0.2, 0.25) is 0 Å². The van der Waals surface area contributed by atoms with Crippen molar-refractivity contribution in [2.75, 3.05) is 12.3 Å². The van der Waals surface area contributed by atoms with Gasteiger partial charge in [-0.3, -0.25) is 0 Å². The molecule has 0 aliphatic heterocycles. The molecule has 96 valence electrons. The van der Waals surface area contributed by atoms with Gasteiger partial charge in [0.15, 0.2) is 0 Å². The lowest BCUT2D eigenvalue weighted by Gasteiger charge is -2.06. The van der Waals surface area contributed by atoms with E-state index in [1.165, 1.54) is 15.3 Å². The van der Waals surface area contributed by atoms with E-state index in [0.29, 0.717) is 0 Å². The fourth-order valence-corrected chi connectivity index (χ4v) is 2.82. The maximum atomic E-state index is 5.91. The second kappa shape index (κ2) is 6.57.